The number of nitro benzene ring substituents is 1. The summed E-state index contributed by atoms with van der Waals surface area (Å²) in [5.74, 6) is -0.422. The summed E-state index contributed by atoms with van der Waals surface area (Å²) in [5.41, 5.74) is 1.05. The van der Waals surface area contributed by atoms with Crippen molar-refractivity contribution in [1.82, 2.24) is 10.2 Å². The Kier molecular flexibility index (Phi) is 6.02. The predicted molar refractivity (Wildman–Crippen MR) is 108 cm³/mol. The number of nitrogens with zero attached hydrogens (tertiary/aromatic N) is 3. The summed E-state index contributed by atoms with van der Waals surface area (Å²) < 4.78 is 29.1. The Morgan fingerprint density at radius 3 is 2.40 bits per heavy atom. The first kappa shape index (κ1) is 20.9. The van der Waals surface area contributed by atoms with Gasteiger partial charge >= 0.3 is 6.01 Å². The molecule has 0 atom stereocenters. The first-order valence-electron chi connectivity index (χ1n) is 8.68. The van der Waals surface area contributed by atoms with E-state index < -0.39 is 20.7 Å². The van der Waals surface area contributed by atoms with Crippen LogP contribution < -0.4 is 5.32 Å². The van der Waals surface area contributed by atoms with Crippen LogP contribution in [0.5, 0.6) is 0 Å². The van der Waals surface area contributed by atoms with Crippen molar-refractivity contribution < 1.29 is 22.6 Å². The molecule has 1 aromatic heterocycles. The Morgan fingerprint density at radius 1 is 1.13 bits per heavy atom. The fraction of sp³-hybridized carbons (Fsp3) is 0.105. The van der Waals surface area contributed by atoms with Crippen LogP contribution in [-0.4, -0.2) is 35.2 Å². The minimum Gasteiger partial charge on any atom is -0.403 e. The van der Waals surface area contributed by atoms with Crippen molar-refractivity contribution in [3.63, 3.8) is 0 Å². The average Bonchev–Trinajstić information content (AvgIpc) is 3.21. The zero-order valence-electron chi connectivity index (χ0n) is 15.7. The van der Waals surface area contributed by atoms with Crippen molar-refractivity contribution in [3.8, 4) is 11.5 Å². The number of anilines is 1. The third-order valence-corrected chi connectivity index (χ3v) is 5.78. The summed E-state index contributed by atoms with van der Waals surface area (Å²) in [6, 6.07) is 11.5. The Bertz CT molecular complexity index is 1200. The van der Waals surface area contributed by atoms with Crippen molar-refractivity contribution in [2.24, 2.45) is 0 Å². The number of hydrogen-bond donors (Lipinski definition) is 1. The maximum Gasteiger partial charge on any atom is 0.322 e. The fourth-order valence-electron chi connectivity index (χ4n) is 2.39. The number of nitro groups is 1. The Labute approximate surface area is 171 Å². The van der Waals surface area contributed by atoms with Crippen LogP contribution in [0.15, 0.2) is 63.9 Å². The fourth-order valence-corrected chi connectivity index (χ4v) is 3.27. The quantitative estimate of drug-likeness (QED) is 0.343. The molecule has 1 amide bonds. The molecule has 0 unspecified atom stereocenters. The van der Waals surface area contributed by atoms with E-state index in [4.69, 9.17) is 4.42 Å². The van der Waals surface area contributed by atoms with E-state index in [2.05, 4.69) is 15.5 Å². The highest BCUT2D eigenvalue weighted by Crippen LogP contribution is 2.22. The van der Waals surface area contributed by atoms with Crippen molar-refractivity contribution in [1.29, 1.82) is 0 Å². The average molecular weight is 428 g/mol. The van der Waals surface area contributed by atoms with Crippen LogP contribution >= 0.6 is 0 Å². The third-order valence-electron chi connectivity index (χ3n) is 4.03. The van der Waals surface area contributed by atoms with E-state index in [1.165, 1.54) is 60.7 Å². The van der Waals surface area contributed by atoms with Gasteiger partial charge in [0.1, 0.15) is 0 Å². The molecule has 0 saturated heterocycles. The zero-order chi connectivity index (χ0) is 21.7. The molecule has 0 saturated carbocycles. The number of rotatable bonds is 7. The lowest BCUT2D eigenvalue weighted by Gasteiger charge is -2.01. The van der Waals surface area contributed by atoms with Crippen LogP contribution in [0.3, 0.4) is 0 Å². The molecule has 154 valence electrons. The van der Waals surface area contributed by atoms with Gasteiger partial charge in [-0.3, -0.25) is 20.2 Å². The molecule has 1 N–H and O–H groups in total. The number of benzene rings is 2. The van der Waals surface area contributed by atoms with Crippen LogP contribution in [0.25, 0.3) is 17.5 Å². The van der Waals surface area contributed by atoms with Crippen LogP contribution in [0, 0.1) is 10.1 Å². The van der Waals surface area contributed by atoms with Crippen molar-refractivity contribution >= 4 is 33.5 Å². The smallest absolute Gasteiger partial charge is 0.322 e. The molecule has 0 aliphatic rings. The highest BCUT2D eigenvalue weighted by molar-refractivity contribution is 7.91. The summed E-state index contributed by atoms with van der Waals surface area (Å²) in [4.78, 5) is 22.3. The molecule has 3 aromatic rings. The molecule has 0 aliphatic carbocycles. The Hall–Kier alpha value is -3.86. The maximum atomic E-state index is 12.0. The molecule has 0 radical (unpaired) electrons. The van der Waals surface area contributed by atoms with E-state index in [0.29, 0.717) is 11.1 Å². The minimum absolute atomic E-state index is 0.00350. The first-order chi connectivity index (χ1) is 14.3. The number of hydrogen-bond acceptors (Lipinski definition) is 8. The number of aromatic nitrogens is 2. The summed E-state index contributed by atoms with van der Waals surface area (Å²) >= 11 is 0. The summed E-state index contributed by atoms with van der Waals surface area (Å²) in [6.07, 6.45) is 2.69. The number of sulfone groups is 1. The van der Waals surface area contributed by atoms with Gasteiger partial charge in [-0.15, -0.1) is 5.10 Å². The Balaban J connectivity index is 1.65. The number of non-ortho nitro benzene ring substituents is 1. The lowest BCUT2D eigenvalue weighted by atomic mass is 10.2. The molecule has 0 spiro atoms. The van der Waals surface area contributed by atoms with E-state index in [1.807, 2.05) is 0 Å². The minimum atomic E-state index is -3.31. The molecule has 2 aromatic carbocycles. The summed E-state index contributed by atoms with van der Waals surface area (Å²) in [6.45, 7) is 1.56. The molecule has 1 heterocycles. The van der Waals surface area contributed by atoms with E-state index in [0.717, 1.165) is 0 Å². The van der Waals surface area contributed by atoms with Gasteiger partial charge in [-0.2, -0.15) is 0 Å². The van der Waals surface area contributed by atoms with Gasteiger partial charge < -0.3 is 4.42 Å². The topological polar surface area (TPSA) is 145 Å². The summed E-state index contributed by atoms with van der Waals surface area (Å²) in [5, 5.41) is 20.6. The lowest BCUT2D eigenvalue weighted by molar-refractivity contribution is -0.384. The van der Waals surface area contributed by atoms with Gasteiger partial charge in [-0.25, -0.2) is 8.42 Å². The second-order valence-corrected chi connectivity index (χ2v) is 8.29. The number of carbonyl (C=O) groups is 1. The van der Waals surface area contributed by atoms with E-state index in [-0.39, 0.29) is 28.2 Å². The van der Waals surface area contributed by atoms with Crippen LogP contribution in [0.2, 0.25) is 0 Å². The summed E-state index contributed by atoms with van der Waals surface area (Å²) in [7, 11) is -3.31. The highest BCUT2D eigenvalue weighted by Gasteiger charge is 2.14. The molecule has 11 heteroatoms. The van der Waals surface area contributed by atoms with E-state index >= 15 is 0 Å². The number of amides is 1. The van der Waals surface area contributed by atoms with Gasteiger partial charge in [0.05, 0.1) is 15.6 Å². The predicted octanol–water partition coefficient (Wildman–Crippen LogP) is 3.09. The normalized spacial score (nSPS) is 11.5. The van der Waals surface area contributed by atoms with Crippen molar-refractivity contribution in [2.45, 2.75) is 11.8 Å². The van der Waals surface area contributed by atoms with Crippen LogP contribution in [0.1, 0.15) is 12.5 Å². The van der Waals surface area contributed by atoms with Gasteiger partial charge in [-0.05, 0) is 48.0 Å². The molecule has 0 bridgehead atoms. The van der Waals surface area contributed by atoms with Gasteiger partial charge in [0.15, 0.2) is 9.84 Å². The monoisotopic (exact) mass is 428 g/mol. The second kappa shape index (κ2) is 8.66. The largest absolute Gasteiger partial charge is 0.403 e. The lowest BCUT2D eigenvalue weighted by Crippen LogP contribution is -2.07. The van der Waals surface area contributed by atoms with Crippen molar-refractivity contribution in [2.75, 3.05) is 11.1 Å². The van der Waals surface area contributed by atoms with Gasteiger partial charge in [0.25, 0.3) is 11.6 Å². The number of nitrogens with one attached hydrogen (secondary N) is 1. The van der Waals surface area contributed by atoms with E-state index in [1.54, 1.807) is 6.92 Å². The molecule has 0 fully saturated rings. The SMILES string of the molecule is CCS(=O)(=O)c1ccc(-c2nnc(NC(=O)/C=C/c3ccc([N+](=O)[O-])cc3)o2)cc1. The first-order valence-corrected chi connectivity index (χ1v) is 10.3. The molecule has 3 rings (SSSR count). The maximum absolute atomic E-state index is 12.0. The second-order valence-electron chi connectivity index (χ2n) is 6.01. The van der Waals surface area contributed by atoms with Gasteiger partial charge in [0, 0.05) is 23.8 Å². The highest BCUT2D eigenvalue weighted by atomic mass is 32.2. The molecular weight excluding hydrogens is 412 g/mol. The van der Waals surface area contributed by atoms with Gasteiger partial charge in [0.2, 0.25) is 5.89 Å². The van der Waals surface area contributed by atoms with E-state index in [9.17, 15) is 23.3 Å². The molecule has 30 heavy (non-hydrogen) atoms. The zero-order valence-corrected chi connectivity index (χ0v) is 16.5. The third kappa shape index (κ3) is 4.94. The molecule has 0 aliphatic heterocycles. The van der Waals surface area contributed by atoms with Gasteiger partial charge in [-0.1, -0.05) is 12.0 Å². The number of carbonyl (C=O) groups excluding carboxylic acids is 1. The van der Waals surface area contributed by atoms with Crippen LogP contribution in [-0.2, 0) is 14.6 Å². The molecular formula is C19H16N4O6S. The molecule has 10 nitrogen and oxygen atoms in total. The van der Waals surface area contributed by atoms with Crippen LogP contribution in [0.4, 0.5) is 11.7 Å². The van der Waals surface area contributed by atoms with Crippen molar-refractivity contribution in [3.05, 3.63) is 70.3 Å². The standard InChI is InChI=1S/C19H16N4O6S/c1-2-30(27,28)16-10-6-14(7-11-16)18-21-22-19(29-18)20-17(24)12-5-13-3-8-15(9-4-13)23(25)26/h3-12H,2H2,1H3,(H,20,22,24)/b12-5+. The Morgan fingerprint density at radius 2 is 1.80 bits per heavy atom.